The highest BCUT2D eigenvalue weighted by Gasteiger charge is 2.13. The van der Waals surface area contributed by atoms with Gasteiger partial charge in [-0.25, -0.2) is 4.79 Å². The predicted molar refractivity (Wildman–Crippen MR) is 76.5 cm³/mol. The molecule has 0 atom stereocenters. The van der Waals surface area contributed by atoms with E-state index < -0.39 is 5.97 Å². The number of hydrogen-bond donors (Lipinski definition) is 2. The van der Waals surface area contributed by atoms with E-state index in [2.05, 4.69) is 5.32 Å². The number of amides is 1. The highest BCUT2D eigenvalue weighted by molar-refractivity contribution is 6.34. The Morgan fingerprint density at radius 1 is 1.25 bits per heavy atom. The molecule has 0 saturated heterocycles. The fraction of sp³-hybridized carbons (Fsp3) is 0.143. The fourth-order valence-corrected chi connectivity index (χ4v) is 2.00. The van der Waals surface area contributed by atoms with Crippen LogP contribution in [0.3, 0.4) is 0 Å². The van der Waals surface area contributed by atoms with E-state index in [0.717, 1.165) is 5.69 Å². The summed E-state index contributed by atoms with van der Waals surface area (Å²) in [4.78, 5) is 22.9. The minimum Gasteiger partial charge on any atom is -0.478 e. The van der Waals surface area contributed by atoms with Crippen LogP contribution in [0.2, 0.25) is 5.02 Å². The van der Waals surface area contributed by atoms with Gasteiger partial charge in [0.1, 0.15) is 5.69 Å². The lowest BCUT2D eigenvalue weighted by Crippen LogP contribution is -2.16. The first-order chi connectivity index (χ1) is 9.40. The van der Waals surface area contributed by atoms with Crippen LogP contribution in [0.5, 0.6) is 0 Å². The van der Waals surface area contributed by atoms with Gasteiger partial charge in [0.2, 0.25) is 0 Å². The zero-order chi connectivity index (χ0) is 14.9. The number of aromatic nitrogens is 1. The third-order valence-electron chi connectivity index (χ3n) is 3.07. The number of halogens is 1. The SMILES string of the molecule is Cc1ccc(C(=O)Nc2ccc(C(=O)O)cc2Cl)n1C. The zero-order valence-corrected chi connectivity index (χ0v) is 11.7. The van der Waals surface area contributed by atoms with Crippen LogP contribution in [-0.2, 0) is 7.05 Å². The standard InChI is InChI=1S/C14H13ClN2O3/c1-8-3-6-12(17(8)2)13(18)16-11-5-4-9(14(19)20)7-10(11)15/h3-7H,1-2H3,(H,16,18)(H,19,20). The van der Waals surface area contributed by atoms with Gasteiger partial charge in [-0.05, 0) is 37.3 Å². The molecule has 104 valence electrons. The van der Waals surface area contributed by atoms with Crippen LogP contribution >= 0.6 is 11.6 Å². The number of nitrogens with one attached hydrogen (secondary N) is 1. The van der Waals surface area contributed by atoms with E-state index in [0.29, 0.717) is 11.4 Å². The van der Waals surface area contributed by atoms with Gasteiger partial charge in [-0.15, -0.1) is 0 Å². The molecule has 5 nitrogen and oxygen atoms in total. The van der Waals surface area contributed by atoms with Gasteiger partial charge < -0.3 is 15.0 Å². The molecule has 2 rings (SSSR count). The van der Waals surface area contributed by atoms with Crippen molar-refractivity contribution in [3.05, 3.63) is 52.3 Å². The molecule has 0 spiro atoms. The molecule has 0 bridgehead atoms. The molecule has 2 N–H and O–H groups in total. The molecule has 0 radical (unpaired) electrons. The van der Waals surface area contributed by atoms with Crippen molar-refractivity contribution in [3.63, 3.8) is 0 Å². The molecule has 20 heavy (non-hydrogen) atoms. The van der Waals surface area contributed by atoms with Crippen LogP contribution in [0.1, 0.15) is 26.5 Å². The molecule has 1 aromatic carbocycles. The molecule has 0 aliphatic heterocycles. The van der Waals surface area contributed by atoms with Crippen molar-refractivity contribution in [3.8, 4) is 0 Å². The number of aryl methyl sites for hydroxylation is 1. The van der Waals surface area contributed by atoms with E-state index in [1.54, 1.807) is 17.7 Å². The Balaban J connectivity index is 2.24. The number of nitrogens with zero attached hydrogens (tertiary/aromatic N) is 1. The Labute approximate surface area is 120 Å². The number of carbonyl (C=O) groups is 2. The zero-order valence-electron chi connectivity index (χ0n) is 11.0. The van der Waals surface area contributed by atoms with Crippen molar-refractivity contribution in [2.45, 2.75) is 6.92 Å². The number of benzene rings is 1. The highest BCUT2D eigenvalue weighted by atomic mass is 35.5. The largest absolute Gasteiger partial charge is 0.478 e. The maximum Gasteiger partial charge on any atom is 0.335 e. The quantitative estimate of drug-likeness (QED) is 0.913. The van der Waals surface area contributed by atoms with E-state index >= 15 is 0 Å². The monoisotopic (exact) mass is 292 g/mol. The first kappa shape index (κ1) is 14.1. The van der Waals surface area contributed by atoms with Gasteiger partial charge in [0.15, 0.2) is 0 Å². The average Bonchev–Trinajstić information content (AvgIpc) is 2.72. The summed E-state index contributed by atoms with van der Waals surface area (Å²) in [7, 11) is 1.79. The minimum absolute atomic E-state index is 0.0720. The molecular weight excluding hydrogens is 280 g/mol. The van der Waals surface area contributed by atoms with Crippen molar-refractivity contribution >= 4 is 29.2 Å². The molecule has 0 unspecified atom stereocenters. The van der Waals surface area contributed by atoms with E-state index in [-0.39, 0.29) is 16.5 Å². The van der Waals surface area contributed by atoms with Gasteiger partial charge in [0.25, 0.3) is 5.91 Å². The van der Waals surface area contributed by atoms with E-state index in [1.807, 2.05) is 13.0 Å². The molecule has 0 aliphatic rings. The van der Waals surface area contributed by atoms with E-state index in [1.165, 1.54) is 18.2 Å². The molecule has 0 aliphatic carbocycles. The molecule has 1 heterocycles. The minimum atomic E-state index is -1.07. The lowest BCUT2D eigenvalue weighted by Gasteiger charge is -2.09. The first-order valence-corrected chi connectivity index (χ1v) is 6.24. The summed E-state index contributed by atoms with van der Waals surface area (Å²) in [5, 5.41) is 11.7. The summed E-state index contributed by atoms with van der Waals surface area (Å²) < 4.78 is 1.76. The topological polar surface area (TPSA) is 71.3 Å². The lowest BCUT2D eigenvalue weighted by molar-refractivity contribution is 0.0696. The van der Waals surface area contributed by atoms with Gasteiger partial charge in [-0.3, -0.25) is 4.79 Å². The number of anilines is 1. The van der Waals surface area contributed by atoms with Crippen molar-refractivity contribution in [1.29, 1.82) is 0 Å². The first-order valence-electron chi connectivity index (χ1n) is 5.86. The highest BCUT2D eigenvalue weighted by Crippen LogP contribution is 2.24. The van der Waals surface area contributed by atoms with E-state index in [4.69, 9.17) is 16.7 Å². The van der Waals surface area contributed by atoms with Gasteiger partial charge in [-0.2, -0.15) is 0 Å². The molecule has 1 aromatic heterocycles. The average molecular weight is 293 g/mol. The number of hydrogen-bond acceptors (Lipinski definition) is 2. The Kier molecular flexibility index (Phi) is 3.81. The van der Waals surface area contributed by atoms with Gasteiger partial charge >= 0.3 is 5.97 Å². The Bertz CT molecular complexity index is 692. The predicted octanol–water partition coefficient (Wildman–Crippen LogP) is 2.94. The third kappa shape index (κ3) is 2.67. The number of carbonyl (C=O) groups excluding carboxylic acids is 1. The maximum absolute atomic E-state index is 12.1. The number of aromatic carboxylic acids is 1. The molecule has 1 amide bonds. The molecule has 2 aromatic rings. The van der Waals surface area contributed by atoms with E-state index in [9.17, 15) is 9.59 Å². The van der Waals surface area contributed by atoms with Crippen molar-refractivity contribution in [2.75, 3.05) is 5.32 Å². The van der Waals surface area contributed by atoms with Crippen LogP contribution < -0.4 is 5.32 Å². The normalized spacial score (nSPS) is 10.3. The van der Waals surface area contributed by atoms with Crippen molar-refractivity contribution in [1.82, 2.24) is 4.57 Å². The van der Waals surface area contributed by atoms with Crippen LogP contribution in [0.4, 0.5) is 5.69 Å². The van der Waals surface area contributed by atoms with Gasteiger partial charge in [-0.1, -0.05) is 11.6 Å². The second-order valence-corrected chi connectivity index (χ2v) is 4.78. The maximum atomic E-state index is 12.1. The second-order valence-electron chi connectivity index (χ2n) is 4.37. The number of carboxylic acids is 1. The van der Waals surface area contributed by atoms with Crippen LogP contribution in [-0.4, -0.2) is 21.6 Å². The molecule has 6 heteroatoms. The summed E-state index contributed by atoms with van der Waals surface area (Å²) in [5.41, 5.74) is 1.91. The Hall–Kier alpha value is -2.27. The summed E-state index contributed by atoms with van der Waals surface area (Å²) in [6.07, 6.45) is 0. The van der Waals surface area contributed by atoms with Gasteiger partial charge in [0.05, 0.1) is 16.3 Å². The number of carboxylic acid groups (broad SMARTS) is 1. The summed E-state index contributed by atoms with van der Waals surface area (Å²) >= 11 is 5.97. The third-order valence-corrected chi connectivity index (χ3v) is 3.38. The molecular formula is C14H13ClN2O3. The lowest BCUT2D eigenvalue weighted by atomic mass is 10.2. The summed E-state index contributed by atoms with van der Waals surface area (Å²) in [5.74, 6) is -1.37. The van der Waals surface area contributed by atoms with Crippen molar-refractivity contribution in [2.24, 2.45) is 7.05 Å². The van der Waals surface area contributed by atoms with Crippen molar-refractivity contribution < 1.29 is 14.7 Å². The Morgan fingerprint density at radius 2 is 1.95 bits per heavy atom. The summed E-state index contributed by atoms with van der Waals surface area (Å²) in [6, 6.07) is 7.71. The summed E-state index contributed by atoms with van der Waals surface area (Å²) in [6.45, 7) is 1.89. The molecule has 0 saturated carbocycles. The second kappa shape index (κ2) is 5.38. The smallest absolute Gasteiger partial charge is 0.335 e. The molecule has 0 fully saturated rings. The van der Waals surface area contributed by atoms with Crippen LogP contribution in [0.25, 0.3) is 0 Å². The Morgan fingerprint density at radius 3 is 2.45 bits per heavy atom. The fourth-order valence-electron chi connectivity index (χ4n) is 1.78. The van der Waals surface area contributed by atoms with Crippen LogP contribution in [0.15, 0.2) is 30.3 Å². The van der Waals surface area contributed by atoms with Crippen LogP contribution in [0, 0.1) is 6.92 Å². The van der Waals surface area contributed by atoms with Gasteiger partial charge in [0, 0.05) is 12.7 Å². The number of rotatable bonds is 3.